The molecular formula is C24H49NO4. The third-order valence-corrected chi connectivity index (χ3v) is 5.60. The summed E-state index contributed by atoms with van der Waals surface area (Å²) in [4.78, 5) is 12.0. The predicted octanol–water partition coefficient (Wildman–Crippen LogP) is 4.86. The summed E-state index contributed by atoms with van der Waals surface area (Å²) in [6.07, 6.45) is 18.1. The number of rotatable bonds is 23. The molecule has 4 N–H and O–H groups in total. The van der Waals surface area contributed by atoms with E-state index in [-0.39, 0.29) is 18.9 Å². The highest BCUT2D eigenvalue weighted by Crippen LogP contribution is 2.12. The van der Waals surface area contributed by atoms with E-state index < -0.39 is 12.3 Å². The van der Waals surface area contributed by atoms with Crippen LogP contribution in [0.2, 0.25) is 0 Å². The van der Waals surface area contributed by atoms with Crippen LogP contribution in [0.3, 0.4) is 0 Å². The number of aliphatic hydroxyl groups excluding tert-OH is 3. The Labute approximate surface area is 179 Å². The topological polar surface area (TPSA) is 89.8 Å². The molecule has 29 heavy (non-hydrogen) atoms. The van der Waals surface area contributed by atoms with Crippen LogP contribution >= 0.6 is 0 Å². The first kappa shape index (κ1) is 28.5. The molecule has 174 valence electrons. The Kier molecular flexibility index (Phi) is 21.8. The van der Waals surface area contributed by atoms with E-state index in [1.807, 2.05) is 0 Å². The van der Waals surface area contributed by atoms with Crippen molar-refractivity contribution in [2.75, 3.05) is 13.2 Å². The van der Waals surface area contributed by atoms with Gasteiger partial charge in [-0.3, -0.25) is 10.1 Å². The Bertz CT molecular complexity index is 352. The molecule has 0 rings (SSSR count). The fourth-order valence-electron chi connectivity index (χ4n) is 3.58. The largest absolute Gasteiger partial charge is 0.396 e. The van der Waals surface area contributed by atoms with Crippen LogP contribution in [0.15, 0.2) is 0 Å². The van der Waals surface area contributed by atoms with Gasteiger partial charge in [0.2, 0.25) is 0 Å². The van der Waals surface area contributed by atoms with Gasteiger partial charge in [0.05, 0.1) is 6.54 Å². The van der Waals surface area contributed by atoms with Crippen molar-refractivity contribution in [2.24, 2.45) is 0 Å². The number of carbonyl (C=O) groups excluding carboxylic acids is 1. The summed E-state index contributed by atoms with van der Waals surface area (Å²) in [7, 11) is 0. The van der Waals surface area contributed by atoms with Gasteiger partial charge in [-0.05, 0) is 25.7 Å². The summed E-state index contributed by atoms with van der Waals surface area (Å²) in [6.45, 7) is 2.56. The minimum atomic E-state index is -0.904. The van der Waals surface area contributed by atoms with Crippen molar-refractivity contribution >= 4 is 5.78 Å². The Morgan fingerprint density at radius 2 is 1.14 bits per heavy atom. The van der Waals surface area contributed by atoms with E-state index in [2.05, 4.69) is 12.2 Å². The van der Waals surface area contributed by atoms with Crippen molar-refractivity contribution in [2.45, 2.75) is 135 Å². The number of unbranched alkanes of at least 4 members (excludes halogenated alkanes) is 14. The maximum atomic E-state index is 12.0. The van der Waals surface area contributed by atoms with Crippen LogP contribution in [0.4, 0.5) is 0 Å². The van der Waals surface area contributed by atoms with Crippen LogP contribution in [0, 0.1) is 0 Å². The highest BCUT2D eigenvalue weighted by molar-refractivity contribution is 5.84. The molecule has 0 spiro atoms. The molecule has 0 saturated carbocycles. The normalized spacial score (nSPS) is 13.5. The van der Waals surface area contributed by atoms with Gasteiger partial charge in [-0.15, -0.1) is 0 Å². The van der Waals surface area contributed by atoms with Crippen LogP contribution in [0.1, 0.15) is 122 Å². The Hall–Kier alpha value is -0.490. The zero-order valence-corrected chi connectivity index (χ0v) is 19.0. The Morgan fingerprint density at radius 1 is 0.690 bits per heavy atom. The summed E-state index contributed by atoms with van der Waals surface area (Å²) < 4.78 is 0. The first-order chi connectivity index (χ1) is 14.1. The first-order valence-electron chi connectivity index (χ1n) is 12.3. The minimum absolute atomic E-state index is 0.0426. The number of ketones is 1. The van der Waals surface area contributed by atoms with Gasteiger partial charge in [0, 0.05) is 6.61 Å². The van der Waals surface area contributed by atoms with E-state index in [1.54, 1.807) is 0 Å². The van der Waals surface area contributed by atoms with Crippen molar-refractivity contribution < 1.29 is 20.1 Å². The maximum Gasteiger partial charge on any atom is 0.175 e. The highest BCUT2D eigenvalue weighted by Gasteiger charge is 2.15. The number of nitrogens with one attached hydrogen (secondary N) is 1. The van der Waals surface area contributed by atoms with Gasteiger partial charge < -0.3 is 15.3 Å². The quantitative estimate of drug-likeness (QED) is 0.141. The molecule has 0 unspecified atom stereocenters. The lowest BCUT2D eigenvalue weighted by Crippen LogP contribution is -2.37. The third-order valence-electron chi connectivity index (χ3n) is 5.60. The third kappa shape index (κ3) is 20.6. The van der Waals surface area contributed by atoms with E-state index in [1.165, 1.54) is 51.4 Å². The summed E-state index contributed by atoms with van der Waals surface area (Å²) in [6, 6.07) is 0. The fraction of sp³-hybridized carbons (Fsp3) is 0.958. The lowest BCUT2D eigenvalue weighted by atomic mass is 10.0. The standard InChI is InChI=1S/C24H49NO4/c1-2-3-4-5-6-7-9-12-15-18-22(27)23(28)21-25-24(29)19-16-13-10-8-11-14-17-20-26/h22,24-27,29H,2-21H2,1H3/t22-,24-/m1/s1. The van der Waals surface area contributed by atoms with Gasteiger partial charge in [-0.25, -0.2) is 0 Å². The molecule has 0 aromatic heterocycles. The maximum absolute atomic E-state index is 12.0. The van der Waals surface area contributed by atoms with Crippen LogP contribution in [-0.2, 0) is 4.79 Å². The number of hydrogen-bond acceptors (Lipinski definition) is 5. The minimum Gasteiger partial charge on any atom is -0.396 e. The number of aliphatic hydroxyl groups is 3. The zero-order chi connectivity index (χ0) is 21.6. The van der Waals surface area contributed by atoms with Crippen LogP contribution in [0.25, 0.3) is 0 Å². The molecule has 0 radical (unpaired) electrons. The molecule has 0 amide bonds. The number of carbonyl (C=O) groups is 1. The average Bonchev–Trinajstić information content (AvgIpc) is 2.72. The molecule has 0 aliphatic heterocycles. The van der Waals surface area contributed by atoms with Crippen LogP contribution < -0.4 is 5.32 Å². The average molecular weight is 416 g/mol. The smallest absolute Gasteiger partial charge is 0.175 e. The molecule has 0 aromatic carbocycles. The Balaban J connectivity index is 3.48. The zero-order valence-electron chi connectivity index (χ0n) is 19.0. The van der Waals surface area contributed by atoms with Crippen molar-refractivity contribution in [3.63, 3.8) is 0 Å². The molecule has 0 heterocycles. The summed E-state index contributed by atoms with van der Waals surface area (Å²) in [5.41, 5.74) is 0. The molecule has 0 aliphatic carbocycles. The SMILES string of the molecule is CCCCCCCCCCC[C@@H](O)C(=O)CN[C@H](O)CCCCCCCCCO. The van der Waals surface area contributed by atoms with Crippen molar-refractivity contribution in [1.29, 1.82) is 0 Å². The summed E-state index contributed by atoms with van der Waals surface area (Å²) >= 11 is 0. The second-order valence-electron chi connectivity index (χ2n) is 8.48. The first-order valence-corrected chi connectivity index (χ1v) is 12.3. The lowest BCUT2D eigenvalue weighted by Gasteiger charge is -2.14. The van der Waals surface area contributed by atoms with E-state index in [4.69, 9.17) is 5.11 Å². The van der Waals surface area contributed by atoms with E-state index >= 15 is 0 Å². The molecular weight excluding hydrogens is 366 g/mol. The molecule has 2 atom stereocenters. The van der Waals surface area contributed by atoms with Crippen molar-refractivity contribution in [3.8, 4) is 0 Å². The summed E-state index contributed by atoms with van der Waals surface area (Å²) in [5.74, 6) is -0.215. The second kappa shape index (κ2) is 22.2. The molecule has 0 aliphatic rings. The predicted molar refractivity (Wildman–Crippen MR) is 121 cm³/mol. The van der Waals surface area contributed by atoms with Gasteiger partial charge >= 0.3 is 0 Å². The molecule has 5 heteroatoms. The molecule has 0 aromatic rings. The van der Waals surface area contributed by atoms with Gasteiger partial charge in [0.25, 0.3) is 0 Å². The number of hydrogen-bond donors (Lipinski definition) is 4. The molecule has 0 bridgehead atoms. The van der Waals surface area contributed by atoms with Crippen molar-refractivity contribution in [3.05, 3.63) is 0 Å². The second-order valence-corrected chi connectivity index (χ2v) is 8.48. The Morgan fingerprint density at radius 3 is 1.66 bits per heavy atom. The van der Waals surface area contributed by atoms with Crippen molar-refractivity contribution in [1.82, 2.24) is 5.32 Å². The van der Waals surface area contributed by atoms with E-state index in [0.29, 0.717) is 12.8 Å². The van der Waals surface area contributed by atoms with Crippen LogP contribution in [-0.4, -0.2) is 46.6 Å². The lowest BCUT2D eigenvalue weighted by molar-refractivity contribution is -0.127. The molecule has 0 fully saturated rings. The molecule has 5 nitrogen and oxygen atoms in total. The van der Waals surface area contributed by atoms with E-state index in [0.717, 1.165) is 51.4 Å². The monoisotopic (exact) mass is 415 g/mol. The van der Waals surface area contributed by atoms with Gasteiger partial charge in [0.1, 0.15) is 12.3 Å². The van der Waals surface area contributed by atoms with Gasteiger partial charge in [-0.2, -0.15) is 0 Å². The molecule has 0 saturated heterocycles. The summed E-state index contributed by atoms with van der Waals surface area (Å²) in [5, 5.41) is 31.5. The van der Waals surface area contributed by atoms with Crippen LogP contribution in [0.5, 0.6) is 0 Å². The number of Topliss-reactive ketones (excluding diaryl/α,β-unsaturated/α-hetero) is 1. The van der Waals surface area contributed by atoms with Gasteiger partial charge in [0.15, 0.2) is 5.78 Å². The fourth-order valence-corrected chi connectivity index (χ4v) is 3.58. The highest BCUT2D eigenvalue weighted by atomic mass is 16.3. The van der Waals surface area contributed by atoms with E-state index in [9.17, 15) is 15.0 Å². The van der Waals surface area contributed by atoms with Gasteiger partial charge in [-0.1, -0.05) is 96.8 Å².